The van der Waals surface area contributed by atoms with Gasteiger partial charge in [-0.3, -0.25) is 4.98 Å². The first-order valence-corrected chi connectivity index (χ1v) is 49.3. The van der Waals surface area contributed by atoms with Crippen molar-refractivity contribution in [1.29, 1.82) is 0 Å². The summed E-state index contributed by atoms with van der Waals surface area (Å²) in [6, 6.07) is 171. The molecule has 0 aliphatic carbocycles. The van der Waals surface area contributed by atoms with Crippen LogP contribution in [-0.2, 0) is 0 Å². The van der Waals surface area contributed by atoms with E-state index in [1.807, 2.05) is 231 Å². The van der Waals surface area contributed by atoms with E-state index in [2.05, 4.69) is 284 Å². The van der Waals surface area contributed by atoms with Crippen LogP contribution in [0.5, 0.6) is 0 Å². The summed E-state index contributed by atoms with van der Waals surface area (Å²) in [7, 11) is 0. The lowest BCUT2D eigenvalue weighted by Crippen LogP contribution is -2.00. The Bertz CT molecular complexity index is 9620. The molecule has 0 radical (unpaired) electrons. The summed E-state index contributed by atoms with van der Waals surface area (Å²) >= 11 is 0. The zero-order valence-electron chi connectivity index (χ0n) is 79.8. The Labute approximate surface area is 850 Å². The van der Waals surface area contributed by atoms with Gasteiger partial charge in [0.05, 0.1) is 44.1 Å². The Morgan fingerprint density at radius 3 is 0.764 bits per heavy atom. The van der Waals surface area contributed by atoms with Crippen molar-refractivity contribution in [3.63, 3.8) is 0 Å². The Morgan fingerprint density at radius 1 is 0.101 bits per heavy atom. The van der Waals surface area contributed by atoms with Crippen molar-refractivity contribution >= 4 is 141 Å². The second kappa shape index (κ2) is 38.7. The average molecular weight is 1890 g/mol. The monoisotopic (exact) mass is 1890 g/mol. The molecule has 0 bridgehead atoms. The van der Waals surface area contributed by atoms with Crippen LogP contribution in [0, 0.1) is 0 Å². The third-order valence-electron chi connectivity index (χ3n) is 27.4. The Hall–Kier alpha value is -20.2. The van der Waals surface area contributed by atoms with E-state index in [0.717, 1.165) is 164 Å². The van der Waals surface area contributed by atoms with Gasteiger partial charge < -0.3 is 0 Å². The van der Waals surface area contributed by atoms with Gasteiger partial charge in [-0.1, -0.05) is 400 Å². The molecule has 29 rings (SSSR count). The maximum Gasteiger partial charge on any atom is 0.164 e. The number of hydrogen-bond donors (Lipinski definition) is 0. The highest BCUT2D eigenvalue weighted by Crippen LogP contribution is 2.44. The number of benzene rings is 21. The molecule has 0 aliphatic rings. The molecule has 0 aliphatic heterocycles. The molecule has 148 heavy (non-hydrogen) atoms. The highest BCUT2D eigenvalue weighted by Gasteiger charge is 2.23. The summed E-state index contributed by atoms with van der Waals surface area (Å²) in [5.41, 5.74) is 23.8. The van der Waals surface area contributed by atoms with E-state index >= 15 is 0 Å². The van der Waals surface area contributed by atoms with Gasteiger partial charge in [0.2, 0.25) is 0 Å². The Kier molecular flexibility index (Phi) is 23.0. The third kappa shape index (κ3) is 17.3. The molecule has 21 aromatic carbocycles. The molecule has 29 aromatic rings. The van der Waals surface area contributed by atoms with Gasteiger partial charge in [-0.2, -0.15) is 0 Å². The third-order valence-corrected chi connectivity index (χ3v) is 27.4. The lowest BCUT2D eigenvalue weighted by molar-refractivity contribution is 1.07. The summed E-state index contributed by atoms with van der Waals surface area (Å²) in [6.07, 6.45) is 3.71. The highest BCUT2D eigenvalue weighted by molar-refractivity contribution is 6.18. The highest BCUT2D eigenvalue weighted by atomic mass is 15.1. The molecule has 0 amide bonds. The molecular formula is C134H84N14. The van der Waals surface area contributed by atoms with Crippen molar-refractivity contribution in [1.82, 2.24) is 69.8 Å². The lowest BCUT2D eigenvalue weighted by Gasteiger charge is -2.15. The lowest BCUT2D eigenvalue weighted by atomic mass is 9.90. The summed E-state index contributed by atoms with van der Waals surface area (Å²) in [4.78, 5) is 68.0. The van der Waals surface area contributed by atoms with Crippen molar-refractivity contribution in [2.24, 2.45) is 0 Å². The normalized spacial score (nSPS) is 11.4. The molecule has 690 valence electrons. The average Bonchev–Trinajstić information content (AvgIpc) is 0.753. The van der Waals surface area contributed by atoms with Crippen LogP contribution in [0.3, 0.4) is 0 Å². The summed E-state index contributed by atoms with van der Waals surface area (Å²) in [6.45, 7) is 0. The second-order valence-corrected chi connectivity index (χ2v) is 36.5. The van der Waals surface area contributed by atoms with Gasteiger partial charge in [0, 0.05) is 106 Å². The van der Waals surface area contributed by atoms with Crippen LogP contribution in [0.4, 0.5) is 0 Å². The van der Waals surface area contributed by atoms with Crippen LogP contribution in [0.15, 0.2) is 510 Å². The number of hydrogen-bond acceptors (Lipinski definition) is 14. The van der Waals surface area contributed by atoms with Crippen molar-refractivity contribution in [3.05, 3.63) is 510 Å². The number of nitrogens with zero attached hydrogens (tertiary/aromatic N) is 14. The zero-order chi connectivity index (χ0) is 98.2. The molecule has 8 heterocycles. The minimum Gasteiger partial charge on any atom is -0.265 e. The largest absolute Gasteiger partial charge is 0.265 e. The standard InChI is InChI=1S/C38H24N2.3C32H20N4/c1-6-15-37-28(8-1)23-36-34-14-5-4-13-33(34)35(24-38(36)40-37)27-10-7-9-26(22-27)30-17-16-29(25-18-20-39-21-19-25)31-11-2-3-12-32(30)31;2*1-3-10-21(11-4-1)30-34-31(22-12-5-2-6-13-22)36-32(35-30)26-16-9-15-24-25(26)18-19-29-27(24)20-23-14-7-8-17-28(23)33-29;1-3-9-22(10-4-1)30-34-31(23-11-5-2-6-12-23)36-32(35-30)25-16-15-21-17-18-29-27(26(21)20-25)19-24-13-7-8-14-28(24)33-29/h1-24H;3*1-20H. The SMILES string of the molecule is c1cc(-c2ccc(-c3ccncc3)c3ccccc23)cc(-c2cc3nc4ccccc4cc3c3ccccc23)c1.c1ccc(-c2nc(-c3ccccc3)nc(-c3ccc4ccc5nc6ccccc6cc5c4c3)n2)cc1.c1ccc(-c2nc(-c3ccccc3)nc(-c3cccc4c3ccc3nc5ccccc5cc34)n2)cc1.c1ccc(-c2nc(-c3ccccc3)nc(-c3cccc4c3ccc3nc5ccccc5cc34)n2)cc1. The van der Waals surface area contributed by atoms with Gasteiger partial charge in [-0.15, -0.1) is 0 Å². The van der Waals surface area contributed by atoms with Gasteiger partial charge in [0.15, 0.2) is 52.4 Å². The molecular weight excluding hydrogens is 1810 g/mol. The Morgan fingerprint density at radius 2 is 0.372 bits per heavy atom. The Balaban J connectivity index is 0.0000001000. The molecule has 0 N–H and O–H groups in total. The molecule has 0 spiro atoms. The van der Waals surface area contributed by atoms with Crippen LogP contribution < -0.4 is 0 Å². The quantitative estimate of drug-likeness (QED) is 0.0832. The van der Waals surface area contributed by atoms with Crippen LogP contribution in [0.2, 0.25) is 0 Å². The van der Waals surface area contributed by atoms with Gasteiger partial charge in [0.25, 0.3) is 0 Å². The predicted molar refractivity (Wildman–Crippen MR) is 608 cm³/mol. The summed E-state index contributed by atoms with van der Waals surface area (Å²) in [5, 5.41) is 20.8. The molecule has 0 unspecified atom stereocenters. The fraction of sp³-hybridized carbons (Fsp3) is 0. The molecule has 14 heteroatoms. The fourth-order valence-electron chi connectivity index (χ4n) is 20.2. The number of rotatable bonds is 12. The predicted octanol–water partition coefficient (Wildman–Crippen LogP) is 33.3. The maximum atomic E-state index is 5.07. The van der Waals surface area contributed by atoms with E-state index in [-0.39, 0.29) is 0 Å². The minimum atomic E-state index is 0.648. The molecule has 0 atom stereocenters. The van der Waals surface area contributed by atoms with Gasteiger partial charge >= 0.3 is 0 Å². The summed E-state index contributed by atoms with van der Waals surface area (Å²) in [5.74, 6) is 5.90. The molecule has 14 nitrogen and oxygen atoms in total. The maximum absolute atomic E-state index is 5.07. The molecule has 8 aromatic heterocycles. The minimum absolute atomic E-state index is 0.648. The first kappa shape index (κ1) is 88.0. The van der Waals surface area contributed by atoms with E-state index < -0.39 is 0 Å². The van der Waals surface area contributed by atoms with E-state index in [1.165, 1.54) is 60.3 Å². The van der Waals surface area contributed by atoms with E-state index in [0.29, 0.717) is 52.4 Å². The number of pyridine rings is 5. The van der Waals surface area contributed by atoms with Crippen molar-refractivity contribution in [3.8, 4) is 136 Å². The first-order chi connectivity index (χ1) is 73.3. The second-order valence-electron chi connectivity index (χ2n) is 36.5. The van der Waals surface area contributed by atoms with Gasteiger partial charge in [0.1, 0.15) is 0 Å². The van der Waals surface area contributed by atoms with Crippen LogP contribution in [0.25, 0.3) is 277 Å². The number of para-hydroxylation sites is 4. The zero-order valence-corrected chi connectivity index (χ0v) is 79.8. The topological polar surface area (TPSA) is 180 Å². The smallest absolute Gasteiger partial charge is 0.164 e. The van der Waals surface area contributed by atoms with Crippen molar-refractivity contribution in [2.45, 2.75) is 0 Å². The summed E-state index contributed by atoms with van der Waals surface area (Å²) < 4.78 is 0. The van der Waals surface area contributed by atoms with Crippen molar-refractivity contribution < 1.29 is 0 Å². The van der Waals surface area contributed by atoms with Crippen LogP contribution in [-0.4, -0.2) is 69.8 Å². The number of fused-ring (bicyclic) bond motifs is 17. The van der Waals surface area contributed by atoms with Gasteiger partial charge in [-0.05, 0) is 184 Å². The van der Waals surface area contributed by atoms with Crippen molar-refractivity contribution in [2.75, 3.05) is 0 Å². The van der Waals surface area contributed by atoms with Crippen LogP contribution in [0.1, 0.15) is 0 Å². The van der Waals surface area contributed by atoms with E-state index in [1.54, 1.807) is 0 Å². The van der Waals surface area contributed by atoms with Crippen LogP contribution >= 0.6 is 0 Å². The fourth-order valence-corrected chi connectivity index (χ4v) is 20.2. The number of aromatic nitrogens is 14. The van der Waals surface area contributed by atoms with Gasteiger partial charge in [-0.25, -0.2) is 64.8 Å². The van der Waals surface area contributed by atoms with E-state index in [9.17, 15) is 0 Å². The van der Waals surface area contributed by atoms with E-state index in [4.69, 9.17) is 64.8 Å². The molecule has 0 saturated carbocycles. The molecule has 0 saturated heterocycles. The molecule has 0 fully saturated rings. The first-order valence-electron chi connectivity index (χ1n) is 49.3.